The van der Waals surface area contributed by atoms with E-state index in [1.54, 1.807) is 35.3 Å². The molecule has 1 aromatic carbocycles. The monoisotopic (exact) mass is 551 g/mol. The second-order valence-electron chi connectivity index (χ2n) is 9.61. The van der Waals surface area contributed by atoms with E-state index in [4.69, 9.17) is 4.74 Å². The number of rotatable bonds is 7. The van der Waals surface area contributed by atoms with Crippen LogP contribution in [0.15, 0.2) is 66.0 Å². The molecule has 8 nitrogen and oxygen atoms in total. The minimum Gasteiger partial charge on any atom is -0.378 e. The Balaban J connectivity index is 1.54. The van der Waals surface area contributed by atoms with Gasteiger partial charge in [0.15, 0.2) is 0 Å². The third-order valence-corrected chi connectivity index (χ3v) is 7.07. The number of carbonyl (C=O) groups excluding carboxylic acids is 1. The average molecular weight is 552 g/mol. The first kappa shape index (κ1) is 27.3. The second-order valence-corrected chi connectivity index (χ2v) is 9.61. The van der Waals surface area contributed by atoms with Crippen molar-refractivity contribution in [2.75, 3.05) is 37.7 Å². The van der Waals surface area contributed by atoms with E-state index in [9.17, 15) is 22.8 Å². The molecule has 1 fully saturated rings. The van der Waals surface area contributed by atoms with Crippen LogP contribution in [0.2, 0.25) is 0 Å². The summed E-state index contributed by atoms with van der Waals surface area (Å²) in [5.74, 6) is -0.575. The third kappa shape index (κ3) is 5.84. The Labute approximate surface area is 228 Å². The highest BCUT2D eigenvalue weighted by atomic mass is 19.4. The van der Waals surface area contributed by atoms with Crippen LogP contribution in [0.4, 0.5) is 18.9 Å². The molecule has 11 heteroatoms. The summed E-state index contributed by atoms with van der Waals surface area (Å²) in [4.78, 5) is 37.0. The topological polar surface area (TPSA) is 89.3 Å². The van der Waals surface area contributed by atoms with Crippen molar-refractivity contribution < 1.29 is 22.7 Å². The zero-order valence-electron chi connectivity index (χ0n) is 21.9. The Kier molecular flexibility index (Phi) is 7.83. The molecule has 4 aromatic rings. The molecule has 0 unspecified atom stereocenters. The van der Waals surface area contributed by atoms with Gasteiger partial charge in [0.2, 0.25) is 5.43 Å². The summed E-state index contributed by atoms with van der Waals surface area (Å²) in [5, 5.41) is 2.78. The van der Waals surface area contributed by atoms with E-state index in [2.05, 4.69) is 20.2 Å². The quantitative estimate of drug-likeness (QED) is 0.374. The van der Waals surface area contributed by atoms with Gasteiger partial charge in [-0.15, -0.1) is 0 Å². The number of fused-ring (bicyclic) bond motifs is 1. The summed E-state index contributed by atoms with van der Waals surface area (Å²) in [7, 11) is 0. The van der Waals surface area contributed by atoms with Crippen LogP contribution in [-0.2, 0) is 23.9 Å². The molecule has 0 radical (unpaired) electrons. The van der Waals surface area contributed by atoms with Crippen molar-refractivity contribution in [1.29, 1.82) is 0 Å². The molecule has 0 atom stereocenters. The minimum atomic E-state index is -4.50. The molecule has 3 aromatic heterocycles. The number of morpholine rings is 1. The molecule has 0 bridgehead atoms. The highest BCUT2D eigenvalue weighted by Crippen LogP contribution is 2.33. The summed E-state index contributed by atoms with van der Waals surface area (Å²) < 4.78 is 47.9. The third-order valence-electron chi connectivity index (χ3n) is 7.07. The van der Waals surface area contributed by atoms with Gasteiger partial charge in [-0.25, -0.2) is 4.98 Å². The molecule has 0 spiro atoms. The smallest absolute Gasteiger partial charge is 0.378 e. The van der Waals surface area contributed by atoms with Crippen molar-refractivity contribution in [3.05, 3.63) is 99.2 Å². The highest BCUT2D eigenvalue weighted by Gasteiger charge is 2.33. The number of hydrogen-bond acceptors (Lipinski definition) is 6. The lowest BCUT2D eigenvalue weighted by Crippen LogP contribution is -2.36. The van der Waals surface area contributed by atoms with Gasteiger partial charge in [-0.2, -0.15) is 13.2 Å². The largest absolute Gasteiger partial charge is 0.416 e. The standard InChI is InChI=1S/C29H28F3N5O3/c1-19-21(3-2-4-24(19)29(30,31)32)17-37-18-23(28(39)34-10-7-20-5-8-33-9-6-20)27(38)26-25(37)15-22(16-35-26)36-11-13-40-14-12-36/h2-6,8-9,15-16,18H,7,10-14,17H2,1H3,(H,34,39). The van der Waals surface area contributed by atoms with Gasteiger partial charge in [0.1, 0.15) is 11.1 Å². The predicted molar refractivity (Wildman–Crippen MR) is 145 cm³/mol. The number of anilines is 1. The predicted octanol–water partition coefficient (Wildman–Crippen LogP) is 3.98. The fourth-order valence-corrected chi connectivity index (χ4v) is 4.85. The molecule has 1 aliphatic rings. The lowest BCUT2D eigenvalue weighted by molar-refractivity contribution is -0.138. The maximum absolute atomic E-state index is 13.6. The van der Waals surface area contributed by atoms with Gasteiger partial charge < -0.3 is 19.5 Å². The molecule has 0 saturated carbocycles. The summed E-state index contributed by atoms with van der Waals surface area (Å²) in [6, 6.07) is 9.48. The van der Waals surface area contributed by atoms with Crippen molar-refractivity contribution in [3.8, 4) is 0 Å². The molecule has 1 aliphatic heterocycles. The molecular formula is C29H28F3N5O3. The highest BCUT2D eigenvalue weighted by molar-refractivity contribution is 5.97. The van der Waals surface area contributed by atoms with E-state index < -0.39 is 23.1 Å². The molecule has 4 heterocycles. The molecule has 1 N–H and O–H groups in total. The summed E-state index contributed by atoms with van der Waals surface area (Å²) >= 11 is 0. The van der Waals surface area contributed by atoms with Crippen LogP contribution < -0.4 is 15.6 Å². The van der Waals surface area contributed by atoms with E-state index >= 15 is 0 Å². The maximum atomic E-state index is 13.6. The zero-order valence-corrected chi connectivity index (χ0v) is 21.9. The van der Waals surface area contributed by atoms with Gasteiger partial charge in [-0.05, 0) is 54.3 Å². The lowest BCUT2D eigenvalue weighted by Gasteiger charge is -2.29. The van der Waals surface area contributed by atoms with Gasteiger partial charge in [0.25, 0.3) is 5.91 Å². The van der Waals surface area contributed by atoms with Crippen molar-refractivity contribution in [3.63, 3.8) is 0 Å². The Morgan fingerprint density at radius 2 is 1.88 bits per heavy atom. The Hall–Kier alpha value is -4.25. The number of nitrogens with one attached hydrogen (secondary N) is 1. The first-order chi connectivity index (χ1) is 19.2. The minimum absolute atomic E-state index is 0.0120. The van der Waals surface area contributed by atoms with Crippen molar-refractivity contribution in [2.45, 2.75) is 26.1 Å². The van der Waals surface area contributed by atoms with Crippen molar-refractivity contribution in [2.24, 2.45) is 0 Å². The number of halogens is 3. The van der Waals surface area contributed by atoms with Crippen LogP contribution in [-0.4, -0.2) is 53.3 Å². The molecule has 40 heavy (non-hydrogen) atoms. The molecule has 5 rings (SSSR count). The molecule has 0 aliphatic carbocycles. The van der Waals surface area contributed by atoms with Crippen LogP contribution in [0.5, 0.6) is 0 Å². The number of benzene rings is 1. The van der Waals surface area contributed by atoms with Crippen LogP contribution in [0.1, 0.15) is 32.6 Å². The van der Waals surface area contributed by atoms with Gasteiger partial charge in [-0.1, -0.05) is 12.1 Å². The Morgan fingerprint density at radius 1 is 1.12 bits per heavy atom. The van der Waals surface area contributed by atoms with Crippen molar-refractivity contribution >= 4 is 22.6 Å². The summed E-state index contributed by atoms with van der Waals surface area (Å²) in [5.41, 5.74) is 1.35. The van der Waals surface area contributed by atoms with Gasteiger partial charge in [0.05, 0.1) is 36.2 Å². The number of ether oxygens (including phenoxy) is 1. The van der Waals surface area contributed by atoms with Gasteiger partial charge in [0, 0.05) is 44.8 Å². The number of amides is 1. The van der Waals surface area contributed by atoms with Crippen LogP contribution >= 0.6 is 0 Å². The first-order valence-corrected chi connectivity index (χ1v) is 12.9. The van der Waals surface area contributed by atoms with E-state index in [-0.39, 0.29) is 29.7 Å². The number of hydrogen-bond donors (Lipinski definition) is 1. The Morgan fingerprint density at radius 3 is 2.60 bits per heavy atom. The number of pyridine rings is 3. The van der Waals surface area contributed by atoms with E-state index in [0.717, 1.165) is 17.3 Å². The number of aromatic nitrogens is 3. The van der Waals surface area contributed by atoms with Gasteiger partial charge in [-0.3, -0.25) is 14.6 Å². The first-order valence-electron chi connectivity index (χ1n) is 12.9. The fourth-order valence-electron chi connectivity index (χ4n) is 4.85. The van der Waals surface area contributed by atoms with E-state index in [1.165, 1.54) is 19.2 Å². The maximum Gasteiger partial charge on any atom is 0.416 e. The lowest BCUT2D eigenvalue weighted by atomic mass is 10.0. The summed E-state index contributed by atoms with van der Waals surface area (Å²) in [6.45, 7) is 4.10. The molecule has 208 valence electrons. The number of nitrogens with zero attached hydrogens (tertiary/aromatic N) is 4. The van der Waals surface area contributed by atoms with Crippen LogP contribution in [0.3, 0.4) is 0 Å². The molecular weight excluding hydrogens is 523 g/mol. The second kappa shape index (κ2) is 11.5. The Bertz CT molecular complexity index is 1580. The fraction of sp³-hybridized carbons (Fsp3) is 0.310. The van der Waals surface area contributed by atoms with E-state index in [0.29, 0.717) is 43.8 Å². The number of carbonyl (C=O) groups is 1. The number of alkyl halides is 3. The van der Waals surface area contributed by atoms with Crippen LogP contribution in [0.25, 0.3) is 11.0 Å². The van der Waals surface area contributed by atoms with E-state index in [1.807, 2.05) is 12.1 Å². The van der Waals surface area contributed by atoms with Crippen molar-refractivity contribution in [1.82, 2.24) is 19.9 Å². The van der Waals surface area contributed by atoms with Crippen LogP contribution in [0, 0.1) is 6.92 Å². The zero-order chi connectivity index (χ0) is 28.3. The SMILES string of the molecule is Cc1c(Cn2cc(C(=O)NCCc3ccncc3)c(=O)c3ncc(N4CCOCC4)cc32)cccc1C(F)(F)F. The van der Waals surface area contributed by atoms with Gasteiger partial charge >= 0.3 is 6.18 Å². The molecule has 1 amide bonds. The average Bonchev–Trinajstić information content (AvgIpc) is 2.95. The molecule has 1 saturated heterocycles. The normalized spacial score (nSPS) is 13.9. The summed E-state index contributed by atoms with van der Waals surface area (Å²) in [6.07, 6.45) is 2.35.